The molecule has 0 saturated carbocycles. The highest BCUT2D eigenvalue weighted by Gasteiger charge is 2.20. The average Bonchev–Trinajstić information content (AvgIpc) is 3.82. The second kappa shape index (κ2) is 12.2. The molecule has 3 heterocycles. The molecule has 0 aliphatic carbocycles. The van der Waals surface area contributed by atoms with Crippen molar-refractivity contribution in [1.29, 1.82) is 0 Å². The molecule has 4 heteroatoms. The Bertz CT molecular complexity index is 3540. The molecule has 56 heavy (non-hydrogen) atoms. The van der Waals surface area contributed by atoms with Gasteiger partial charge < -0.3 is 0 Å². The summed E-state index contributed by atoms with van der Waals surface area (Å²) < 4.78 is 4.91. The molecule has 0 N–H and O–H groups in total. The molecule has 0 atom stereocenters. The zero-order chi connectivity index (χ0) is 36.7. The maximum Gasteiger partial charge on any atom is 0.235 e. The number of benzene rings is 9. The van der Waals surface area contributed by atoms with E-state index in [1.807, 2.05) is 11.3 Å². The molecule has 0 radical (unpaired) electrons. The van der Waals surface area contributed by atoms with Crippen LogP contribution in [0.4, 0.5) is 0 Å². The summed E-state index contributed by atoms with van der Waals surface area (Å²) in [7, 11) is 0. The van der Waals surface area contributed by atoms with Gasteiger partial charge in [-0.05, 0) is 80.2 Å². The van der Waals surface area contributed by atoms with Crippen LogP contribution in [0.3, 0.4) is 0 Å². The van der Waals surface area contributed by atoms with Gasteiger partial charge in [-0.3, -0.25) is 4.57 Å². The second-order valence-electron chi connectivity index (χ2n) is 14.5. The zero-order valence-electron chi connectivity index (χ0n) is 30.1. The monoisotopic (exact) mass is 729 g/mol. The van der Waals surface area contributed by atoms with Gasteiger partial charge in [0.05, 0.1) is 22.2 Å². The lowest BCUT2D eigenvalue weighted by Gasteiger charge is -2.14. The Hall–Kier alpha value is -7.14. The van der Waals surface area contributed by atoms with Crippen LogP contribution in [0.15, 0.2) is 188 Å². The van der Waals surface area contributed by atoms with Gasteiger partial charge in [-0.1, -0.05) is 152 Å². The molecular weight excluding hydrogens is 699 g/mol. The highest BCUT2D eigenvalue weighted by atomic mass is 32.1. The van der Waals surface area contributed by atoms with Crippen LogP contribution < -0.4 is 0 Å². The van der Waals surface area contributed by atoms with E-state index < -0.39 is 0 Å². The van der Waals surface area contributed by atoms with Gasteiger partial charge in [-0.15, -0.1) is 11.3 Å². The summed E-state index contributed by atoms with van der Waals surface area (Å²) in [6.45, 7) is 0. The van der Waals surface area contributed by atoms with Gasteiger partial charge >= 0.3 is 0 Å². The van der Waals surface area contributed by atoms with Gasteiger partial charge in [-0.2, -0.15) is 0 Å². The minimum absolute atomic E-state index is 0.659. The molecule has 0 aliphatic rings. The Morgan fingerprint density at radius 3 is 1.82 bits per heavy atom. The van der Waals surface area contributed by atoms with Crippen LogP contribution in [-0.4, -0.2) is 14.5 Å². The molecule has 0 bridgehead atoms. The molecule has 0 aliphatic heterocycles. The Morgan fingerprint density at radius 1 is 0.357 bits per heavy atom. The lowest BCUT2D eigenvalue weighted by molar-refractivity contribution is 1.01. The number of nitrogens with zero attached hydrogens (tertiary/aromatic N) is 3. The zero-order valence-corrected chi connectivity index (χ0v) is 31.0. The maximum atomic E-state index is 5.42. The van der Waals surface area contributed by atoms with Gasteiger partial charge in [-0.25, -0.2) is 9.97 Å². The van der Waals surface area contributed by atoms with Crippen molar-refractivity contribution in [2.45, 2.75) is 0 Å². The van der Waals surface area contributed by atoms with Crippen molar-refractivity contribution in [2.24, 2.45) is 0 Å². The normalized spacial score (nSPS) is 11.9. The van der Waals surface area contributed by atoms with Crippen LogP contribution in [0.1, 0.15) is 0 Å². The molecule has 9 aromatic carbocycles. The topological polar surface area (TPSA) is 30.7 Å². The molecule has 3 aromatic heterocycles. The lowest BCUT2D eigenvalue weighted by Crippen LogP contribution is -2.03. The molecular formula is C52H31N3S. The highest BCUT2D eigenvalue weighted by Crippen LogP contribution is 2.44. The van der Waals surface area contributed by atoms with E-state index in [1.165, 1.54) is 69.2 Å². The van der Waals surface area contributed by atoms with Crippen LogP contribution in [0, 0.1) is 0 Å². The Labute approximate surface area is 326 Å². The quantitative estimate of drug-likeness (QED) is 0.181. The summed E-state index contributed by atoms with van der Waals surface area (Å²) >= 11 is 1.87. The Balaban J connectivity index is 1.09. The van der Waals surface area contributed by atoms with Gasteiger partial charge in [0.1, 0.15) is 0 Å². The summed E-state index contributed by atoms with van der Waals surface area (Å²) in [6, 6.07) is 67.8. The third-order valence-electron chi connectivity index (χ3n) is 11.4. The number of hydrogen-bond donors (Lipinski definition) is 0. The van der Waals surface area contributed by atoms with Gasteiger partial charge in [0.15, 0.2) is 0 Å². The molecule has 0 fully saturated rings. The van der Waals surface area contributed by atoms with E-state index >= 15 is 0 Å². The molecule has 0 spiro atoms. The minimum Gasteiger partial charge on any atom is -0.278 e. The SMILES string of the molecule is c1ccc(-c2cccc(-c3nc(-n4c5ccccc5c5c6cccc(-c7cccc8c7ccc7sc9ccccc9c78)c6ccc54)nc4ccccc34)c2)cc1. The third kappa shape index (κ3) is 4.63. The van der Waals surface area contributed by atoms with Crippen molar-refractivity contribution in [1.82, 2.24) is 14.5 Å². The van der Waals surface area contributed by atoms with E-state index in [9.17, 15) is 0 Å². The predicted octanol–water partition coefficient (Wildman–Crippen LogP) is 14.4. The fourth-order valence-electron chi connectivity index (χ4n) is 8.95. The number of hydrogen-bond acceptors (Lipinski definition) is 3. The van der Waals surface area contributed by atoms with Crippen LogP contribution in [0.2, 0.25) is 0 Å². The van der Waals surface area contributed by atoms with Gasteiger partial charge in [0.25, 0.3) is 0 Å². The van der Waals surface area contributed by atoms with Crippen molar-refractivity contribution in [3.63, 3.8) is 0 Å². The Morgan fingerprint density at radius 2 is 0.982 bits per heavy atom. The van der Waals surface area contributed by atoms with E-state index in [1.54, 1.807) is 0 Å². The van der Waals surface area contributed by atoms with E-state index in [4.69, 9.17) is 9.97 Å². The number of aromatic nitrogens is 3. The minimum atomic E-state index is 0.659. The second-order valence-corrected chi connectivity index (χ2v) is 15.6. The van der Waals surface area contributed by atoms with E-state index in [-0.39, 0.29) is 0 Å². The van der Waals surface area contributed by atoms with E-state index in [0.29, 0.717) is 5.95 Å². The Kier molecular flexibility index (Phi) is 6.80. The number of thiophene rings is 1. The molecule has 260 valence electrons. The number of fused-ring (bicyclic) bond motifs is 11. The molecule has 12 rings (SSSR count). The fraction of sp³-hybridized carbons (Fsp3) is 0. The van der Waals surface area contributed by atoms with E-state index in [2.05, 4.69) is 193 Å². The standard InChI is InChI=1S/C52H31N3S/c1-2-13-32(14-3-1)33-15-10-16-34(31-33)51-41-17-4-7-24-44(41)53-52(54-51)55-45-25-8-5-18-42(45)49-39-22-11-20-35(37(39)27-29-46(49)55)36-21-12-23-40-38(36)28-30-48-50(40)43-19-6-9-26-47(43)56-48/h1-31H. The summed E-state index contributed by atoms with van der Waals surface area (Å²) in [5, 5.41) is 11.1. The van der Waals surface area contributed by atoms with Crippen LogP contribution in [0.5, 0.6) is 0 Å². The first-order valence-corrected chi connectivity index (χ1v) is 19.8. The van der Waals surface area contributed by atoms with Crippen LogP contribution >= 0.6 is 11.3 Å². The molecule has 0 saturated heterocycles. The summed E-state index contributed by atoms with van der Waals surface area (Å²) in [5.41, 5.74) is 9.86. The van der Waals surface area contributed by atoms with Crippen molar-refractivity contribution in [2.75, 3.05) is 0 Å². The van der Waals surface area contributed by atoms with Crippen LogP contribution in [0.25, 0.3) is 114 Å². The van der Waals surface area contributed by atoms with Crippen molar-refractivity contribution >= 4 is 85.8 Å². The largest absolute Gasteiger partial charge is 0.278 e. The summed E-state index contributed by atoms with van der Waals surface area (Å²) in [4.78, 5) is 10.7. The lowest BCUT2D eigenvalue weighted by atomic mass is 9.91. The summed E-state index contributed by atoms with van der Waals surface area (Å²) in [6.07, 6.45) is 0. The maximum absolute atomic E-state index is 5.42. The van der Waals surface area contributed by atoms with Crippen LogP contribution in [-0.2, 0) is 0 Å². The third-order valence-corrected chi connectivity index (χ3v) is 12.6. The fourth-order valence-corrected chi connectivity index (χ4v) is 10.1. The first-order chi connectivity index (χ1) is 27.8. The van der Waals surface area contributed by atoms with Crippen molar-refractivity contribution in [3.8, 4) is 39.5 Å². The summed E-state index contributed by atoms with van der Waals surface area (Å²) in [5.74, 6) is 0.659. The first-order valence-electron chi connectivity index (χ1n) is 19.0. The van der Waals surface area contributed by atoms with Crippen molar-refractivity contribution < 1.29 is 0 Å². The molecule has 0 amide bonds. The van der Waals surface area contributed by atoms with Gasteiger partial charge in [0.2, 0.25) is 5.95 Å². The molecule has 12 aromatic rings. The van der Waals surface area contributed by atoms with E-state index in [0.717, 1.165) is 38.8 Å². The smallest absolute Gasteiger partial charge is 0.235 e. The number of rotatable bonds is 4. The molecule has 0 unspecified atom stereocenters. The average molecular weight is 730 g/mol. The predicted molar refractivity (Wildman–Crippen MR) is 238 cm³/mol. The number of para-hydroxylation sites is 2. The first kappa shape index (κ1) is 31.2. The molecule has 3 nitrogen and oxygen atoms in total. The van der Waals surface area contributed by atoms with Crippen molar-refractivity contribution in [3.05, 3.63) is 188 Å². The highest BCUT2D eigenvalue weighted by molar-refractivity contribution is 7.26. The van der Waals surface area contributed by atoms with Gasteiger partial charge in [0, 0.05) is 41.9 Å².